The Kier molecular flexibility index (Phi) is 5.55. The third kappa shape index (κ3) is 4.13. The quantitative estimate of drug-likeness (QED) is 0.614. The summed E-state index contributed by atoms with van der Waals surface area (Å²) in [6.07, 6.45) is 1.91. The van der Waals surface area contributed by atoms with E-state index in [2.05, 4.69) is 24.0 Å². The van der Waals surface area contributed by atoms with E-state index in [4.69, 9.17) is 16.3 Å². The SMILES string of the molecule is Cc1ccc(C)c(OCC(=O)N2CCC(c3cc4cc(Cl)ccc4[nH]3)CC2)c1C. The zero-order chi connectivity index (χ0) is 20.5. The molecule has 1 aromatic heterocycles. The summed E-state index contributed by atoms with van der Waals surface area (Å²) in [7, 11) is 0. The molecule has 4 rings (SSSR count). The average molecular weight is 411 g/mol. The van der Waals surface area contributed by atoms with E-state index in [0.29, 0.717) is 5.92 Å². The number of aryl methyl sites for hydroxylation is 2. The van der Waals surface area contributed by atoms with Gasteiger partial charge in [-0.3, -0.25) is 4.79 Å². The Morgan fingerprint density at radius 3 is 2.59 bits per heavy atom. The number of nitrogens with zero attached hydrogens (tertiary/aromatic N) is 1. The zero-order valence-corrected chi connectivity index (χ0v) is 18.0. The van der Waals surface area contributed by atoms with E-state index >= 15 is 0 Å². The van der Waals surface area contributed by atoms with Crippen LogP contribution in [0, 0.1) is 20.8 Å². The number of benzene rings is 2. The van der Waals surface area contributed by atoms with E-state index < -0.39 is 0 Å². The fourth-order valence-corrected chi connectivity index (χ4v) is 4.34. The molecule has 29 heavy (non-hydrogen) atoms. The van der Waals surface area contributed by atoms with Crippen LogP contribution in [0.1, 0.15) is 41.1 Å². The first-order valence-electron chi connectivity index (χ1n) is 10.2. The number of likely N-dealkylation sites (tertiary alicyclic amines) is 1. The number of amides is 1. The van der Waals surface area contributed by atoms with Crippen LogP contribution in [0.3, 0.4) is 0 Å². The molecule has 0 spiro atoms. The molecule has 2 aromatic carbocycles. The van der Waals surface area contributed by atoms with Crippen LogP contribution in [0.15, 0.2) is 36.4 Å². The molecule has 1 aliphatic rings. The predicted molar refractivity (Wildman–Crippen MR) is 118 cm³/mol. The Balaban J connectivity index is 1.35. The number of carbonyl (C=O) groups excluding carboxylic acids is 1. The molecular formula is C24H27ClN2O2. The van der Waals surface area contributed by atoms with E-state index in [-0.39, 0.29) is 12.5 Å². The molecule has 1 N–H and O–H groups in total. The molecule has 0 saturated carbocycles. The molecule has 0 unspecified atom stereocenters. The highest BCUT2D eigenvalue weighted by Gasteiger charge is 2.25. The van der Waals surface area contributed by atoms with Crippen molar-refractivity contribution < 1.29 is 9.53 Å². The van der Waals surface area contributed by atoms with Crippen molar-refractivity contribution in [3.63, 3.8) is 0 Å². The van der Waals surface area contributed by atoms with E-state index in [9.17, 15) is 4.79 Å². The molecule has 2 heterocycles. The van der Waals surface area contributed by atoms with Crippen LogP contribution in [0.4, 0.5) is 0 Å². The van der Waals surface area contributed by atoms with Gasteiger partial charge >= 0.3 is 0 Å². The lowest BCUT2D eigenvalue weighted by atomic mass is 9.93. The van der Waals surface area contributed by atoms with E-state index in [1.54, 1.807) is 0 Å². The van der Waals surface area contributed by atoms with Crippen molar-refractivity contribution in [2.75, 3.05) is 19.7 Å². The monoisotopic (exact) mass is 410 g/mol. The van der Waals surface area contributed by atoms with Gasteiger partial charge in [0.1, 0.15) is 5.75 Å². The maximum atomic E-state index is 12.7. The number of nitrogens with one attached hydrogen (secondary N) is 1. The largest absolute Gasteiger partial charge is 0.483 e. The summed E-state index contributed by atoms with van der Waals surface area (Å²) < 4.78 is 5.92. The minimum atomic E-state index is 0.0622. The van der Waals surface area contributed by atoms with Gasteiger partial charge in [0.25, 0.3) is 5.91 Å². The summed E-state index contributed by atoms with van der Waals surface area (Å²) in [5, 5.41) is 1.89. The second kappa shape index (κ2) is 8.11. The fourth-order valence-electron chi connectivity index (χ4n) is 4.16. The summed E-state index contributed by atoms with van der Waals surface area (Å²) in [6, 6.07) is 12.2. The summed E-state index contributed by atoms with van der Waals surface area (Å²) in [4.78, 5) is 18.1. The van der Waals surface area contributed by atoms with Gasteiger partial charge in [0.2, 0.25) is 0 Å². The highest BCUT2D eigenvalue weighted by Crippen LogP contribution is 2.31. The van der Waals surface area contributed by atoms with Crippen LogP contribution in [0.5, 0.6) is 5.75 Å². The van der Waals surface area contributed by atoms with Crippen molar-refractivity contribution in [2.45, 2.75) is 39.5 Å². The first-order valence-corrected chi connectivity index (χ1v) is 10.6. The summed E-state index contributed by atoms with van der Waals surface area (Å²) in [6.45, 7) is 7.74. The summed E-state index contributed by atoms with van der Waals surface area (Å²) in [5.74, 6) is 1.34. The highest BCUT2D eigenvalue weighted by molar-refractivity contribution is 6.31. The maximum Gasteiger partial charge on any atom is 0.260 e. The third-order valence-corrected chi connectivity index (χ3v) is 6.34. The van der Waals surface area contributed by atoms with Gasteiger partial charge in [-0.2, -0.15) is 0 Å². The minimum absolute atomic E-state index is 0.0622. The van der Waals surface area contributed by atoms with Gasteiger partial charge in [-0.1, -0.05) is 23.7 Å². The highest BCUT2D eigenvalue weighted by atomic mass is 35.5. The smallest absolute Gasteiger partial charge is 0.260 e. The number of halogens is 1. The normalized spacial score (nSPS) is 15.1. The predicted octanol–water partition coefficient (Wildman–Crippen LogP) is 5.53. The van der Waals surface area contributed by atoms with Crippen LogP contribution in [0.25, 0.3) is 10.9 Å². The lowest BCUT2D eigenvalue weighted by Crippen LogP contribution is -2.40. The minimum Gasteiger partial charge on any atom is -0.483 e. The topological polar surface area (TPSA) is 45.3 Å². The fraction of sp³-hybridized carbons (Fsp3) is 0.375. The second-order valence-corrected chi connectivity index (χ2v) is 8.49. The van der Waals surface area contributed by atoms with Crippen molar-refractivity contribution in [3.05, 3.63) is 63.8 Å². The number of carbonyl (C=O) groups is 1. The van der Waals surface area contributed by atoms with Crippen molar-refractivity contribution in [1.82, 2.24) is 9.88 Å². The molecule has 4 nitrogen and oxygen atoms in total. The van der Waals surface area contributed by atoms with Crippen molar-refractivity contribution in [2.24, 2.45) is 0 Å². The average Bonchev–Trinajstić information content (AvgIpc) is 3.14. The summed E-state index contributed by atoms with van der Waals surface area (Å²) in [5.41, 5.74) is 5.70. The lowest BCUT2D eigenvalue weighted by Gasteiger charge is -2.31. The molecule has 0 atom stereocenters. The lowest BCUT2D eigenvalue weighted by molar-refractivity contribution is -0.134. The van der Waals surface area contributed by atoms with Crippen LogP contribution in [-0.2, 0) is 4.79 Å². The number of fused-ring (bicyclic) bond motifs is 1. The number of aromatic amines is 1. The molecule has 0 radical (unpaired) electrons. The number of rotatable bonds is 4. The number of ether oxygens (including phenoxy) is 1. The Labute approximate surface area is 176 Å². The molecule has 5 heteroatoms. The van der Waals surface area contributed by atoms with E-state index in [1.807, 2.05) is 43.0 Å². The molecule has 3 aromatic rings. The van der Waals surface area contributed by atoms with Crippen LogP contribution in [0.2, 0.25) is 5.02 Å². The van der Waals surface area contributed by atoms with Crippen molar-refractivity contribution in [3.8, 4) is 5.75 Å². The van der Waals surface area contributed by atoms with Crippen LogP contribution >= 0.6 is 11.6 Å². The first kappa shape index (κ1) is 19.8. The number of hydrogen-bond acceptors (Lipinski definition) is 2. The van der Waals surface area contributed by atoms with Crippen LogP contribution < -0.4 is 4.74 Å². The van der Waals surface area contributed by atoms with E-state index in [1.165, 1.54) is 11.3 Å². The Bertz CT molecular complexity index is 1050. The molecule has 1 amide bonds. The Hall–Kier alpha value is -2.46. The van der Waals surface area contributed by atoms with Crippen molar-refractivity contribution in [1.29, 1.82) is 0 Å². The van der Waals surface area contributed by atoms with Gasteiger partial charge < -0.3 is 14.6 Å². The first-order chi connectivity index (χ1) is 13.9. The van der Waals surface area contributed by atoms with Gasteiger partial charge in [0, 0.05) is 40.6 Å². The molecular weight excluding hydrogens is 384 g/mol. The molecule has 1 aliphatic heterocycles. The molecule has 1 fully saturated rings. The number of aromatic nitrogens is 1. The summed E-state index contributed by atoms with van der Waals surface area (Å²) >= 11 is 6.10. The third-order valence-electron chi connectivity index (χ3n) is 6.10. The van der Waals surface area contributed by atoms with Gasteiger partial charge in [-0.15, -0.1) is 0 Å². The van der Waals surface area contributed by atoms with Crippen LogP contribution in [-0.4, -0.2) is 35.5 Å². The van der Waals surface area contributed by atoms with Crippen molar-refractivity contribution >= 4 is 28.4 Å². The van der Waals surface area contributed by atoms with Gasteiger partial charge in [0.05, 0.1) is 0 Å². The second-order valence-electron chi connectivity index (χ2n) is 8.05. The maximum absolute atomic E-state index is 12.7. The molecule has 0 bridgehead atoms. The molecule has 152 valence electrons. The van der Waals surface area contributed by atoms with Gasteiger partial charge in [-0.25, -0.2) is 0 Å². The van der Waals surface area contributed by atoms with Gasteiger partial charge in [-0.05, 0) is 74.6 Å². The molecule has 0 aliphatic carbocycles. The number of hydrogen-bond donors (Lipinski definition) is 1. The van der Waals surface area contributed by atoms with E-state index in [0.717, 1.165) is 58.7 Å². The van der Waals surface area contributed by atoms with Gasteiger partial charge in [0.15, 0.2) is 6.61 Å². The molecule has 1 saturated heterocycles. The Morgan fingerprint density at radius 1 is 1.10 bits per heavy atom. The number of H-pyrrole nitrogens is 1. The Morgan fingerprint density at radius 2 is 1.83 bits per heavy atom. The zero-order valence-electron chi connectivity index (χ0n) is 17.2. The standard InChI is InChI=1S/C24H27ClN2O2/c1-15-4-5-16(2)24(17(15)3)29-14-23(28)27-10-8-18(9-11-27)22-13-19-12-20(25)6-7-21(19)26-22/h4-7,12-13,18,26H,8-11,14H2,1-3H3. The number of piperidine rings is 1.